The molecule has 0 radical (unpaired) electrons. The maximum absolute atomic E-state index is 11.8. The fourth-order valence-electron chi connectivity index (χ4n) is 2.56. The third-order valence-corrected chi connectivity index (χ3v) is 3.70. The highest BCUT2D eigenvalue weighted by atomic mass is 16.3. The molecule has 2 rings (SSSR count). The molecule has 0 aliphatic carbocycles. The first-order valence-corrected chi connectivity index (χ1v) is 6.96. The van der Waals surface area contributed by atoms with Crippen molar-refractivity contribution in [3.63, 3.8) is 0 Å². The zero-order valence-corrected chi connectivity index (χ0v) is 11.4. The molecule has 0 aromatic carbocycles. The minimum Gasteiger partial charge on any atom is -0.395 e. The SMILES string of the molecule is N#Cc1c[nH]c(C(=O)NCCN2CCCCC2CO)c1. The summed E-state index contributed by atoms with van der Waals surface area (Å²) in [4.78, 5) is 16.8. The Morgan fingerprint density at radius 3 is 3.15 bits per heavy atom. The normalized spacial score (nSPS) is 19.5. The maximum atomic E-state index is 11.8. The molecule has 1 atom stereocenters. The number of carbonyl (C=O) groups excluding carboxylic acids is 1. The lowest BCUT2D eigenvalue weighted by Crippen LogP contribution is -2.45. The van der Waals surface area contributed by atoms with E-state index >= 15 is 0 Å². The van der Waals surface area contributed by atoms with Crippen LogP contribution in [0.25, 0.3) is 0 Å². The number of rotatable bonds is 5. The van der Waals surface area contributed by atoms with Crippen LogP contribution in [0.4, 0.5) is 0 Å². The Hall–Kier alpha value is -1.84. The molecule has 0 spiro atoms. The first-order chi connectivity index (χ1) is 9.74. The molecule has 108 valence electrons. The van der Waals surface area contributed by atoms with Gasteiger partial charge >= 0.3 is 0 Å². The second kappa shape index (κ2) is 7.08. The van der Waals surface area contributed by atoms with E-state index in [1.54, 1.807) is 0 Å². The zero-order chi connectivity index (χ0) is 14.4. The Balaban J connectivity index is 1.77. The summed E-state index contributed by atoms with van der Waals surface area (Å²) >= 11 is 0. The summed E-state index contributed by atoms with van der Waals surface area (Å²) in [6.45, 7) is 2.43. The summed E-state index contributed by atoms with van der Waals surface area (Å²) in [5.74, 6) is -0.205. The molecule has 1 unspecified atom stereocenters. The molecule has 1 amide bonds. The van der Waals surface area contributed by atoms with Gasteiger partial charge in [-0.25, -0.2) is 0 Å². The molecule has 6 heteroatoms. The van der Waals surface area contributed by atoms with Gasteiger partial charge in [0.25, 0.3) is 5.91 Å². The van der Waals surface area contributed by atoms with E-state index in [0.717, 1.165) is 32.4 Å². The smallest absolute Gasteiger partial charge is 0.267 e. The molecule has 6 nitrogen and oxygen atoms in total. The molecule has 1 aromatic rings. The van der Waals surface area contributed by atoms with Gasteiger partial charge in [-0.05, 0) is 25.5 Å². The molecule has 2 heterocycles. The Bertz CT molecular complexity index is 492. The lowest BCUT2D eigenvalue weighted by atomic mass is 10.0. The quantitative estimate of drug-likeness (QED) is 0.728. The van der Waals surface area contributed by atoms with Crippen LogP contribution < -0.4 is 5.32 Å². The molecule has 1 aliphatic heterocycles. The Kier molecular flexibility index (Phi) is 5.16. The fourth-order valence-corrected chi connectivity index (χ4v) is 2.56. The van der Waals surface area contributed by atoms with E-state index in [1.165, 1.54) is 12.3 Å². The van der Waals surface area contributed by atoms with Crippen LogP contribution in [-0.2, 0) is 0 Å². The van der Waals surface area contributed by atoms with Crippen molar-refractivity contribution in [3.05, 3.63) is 23.5 Å². The van der Waals surface area contributed by atoms with Gasteiger partial charge < -0.3 is 15.4 Å². The molecule has 1 saturated heterocycles. The molecule has 1 aromatic heterocycles. The van der Waals surface area contributed by atoms with Crippen LogP contribution in [-0.4, -0.2) is 53.2 Å². The van der Waals surface area contributed by atoms with Crippen LogP contribution in [0.5, 0.6) is 0 Å². The maximum Gasteiger partial charge on any atom is 0.267 e. The lowest BCUT2D eigenvalue weighted by molar-refractivity contribution is 0.0847. The number of carbonyl (C=O) groups is 1. The third kappa shape index (κ3) is 3.59. The van der Waals surface area contributed by atoms with Crippen molar-refractivity contribution >= 4 is 5.91 Å². The number of aliphatic hydroxyl groups is 1. The highest BCUT2D eigenvalue weighted by Gasteiger charge is 2.21. The molecular formula is C14H20N4O2. The summed E-state index contributed by atoms with van der Waals surface area (Å²) in [5.41, 5.74) is 0.852. The van der Waals surface area contributed by atoms with Crippen LogP contribution in [0.3, 0.4) is 0 Å². The average molecular weight is 276 g/mol. The number of hydrogen-bond donors (Lipinski definition) is 3. The van der Waals surface area contributed by atoms with E-state index in [1.807, 2.05) is 6.07 Å². The monoisotopic (exact) mass is 276 g/mol. The molecule has 3 N–H and O–H groups in total. The molecule has 0 bridgehead atoms. The summed E-state index contributed by atoms with van der Waals surface area (Å²) in [6.07, 6.45) is 4.84. The predicted molar refractivity (Wildman–Crippen MR) is 74.1 cm³/mol. The summed E-state index contributed by atoms with van der Waals surface area (Å²) in [6, 6.07) is 3.73. The van der Waals surface area contributed by atoms with E-state index in [2.05, 4.69) is 15.2 Å². The molecule has 20 heavy (non-hydrogen) atoms. The average Bonchev–Trinajstić information content (AvgIpc) is 2.96. The Morgan fingerprint density at radius 1 is 1.60 bits per heavy atom. The number of aliphatic hydroxyl groups excluding tert-OH is 1. The molecule has 0 saturated carbocycles. The number of aromatic amines is 1. The number of nitriles is 1. The number of aromatic nitrogens is 1. The number of nitrogens with one attached hydrogen (secondary N) is 2. The van der Waals surface area contributed by atoms with E-state index in [4.69, 9.17) is 5.26 Å². The van der Waals surface area contributed by atoms with Gasteiger partial charge in [0.1, 0.15) is 11.8 Å². The van der Waals surface area contributed by atoms with Gasteiger partial charge in [-0.3, -0.25) is 9.69 Å². The second-order valence-electron chi connectivity index (χ2n) is 5.04. The van der Waals surface area contributed by atoms with Crippen molar-refractivity contribution in [2.24, 2.45) is 0 Å². The van der Waals surface area contributed by atoms with Gasteiger partial charge in [-0.2, -0.15) is 5.26 Å². The van der Waals surface area contributed by atoms with E-state index < -0.39 is 0 Å². The van der Waals surface area contributed by atoms with Crippen LogP contribution in [0.1, 0.15) is 35.3 Å². The van der Waals surface area contributed by atoms with Gasteiger partial charge in [0.05, 0.1) is 12.2 Å². The fraction of sp³-hybridized carbons (Fsp3) is 0.571. The van der Waals surface area contributed by atoms with Gasteiger partial charge in [0, 0.05) is 25.3 Å². The minimum absolute atomic E-state index is 0.177. The van der Waals surface area contributed by atoms with Gasteiger partial charge in [0.2, 0.25) is 0 Å². The molecule has 1 aliphatic rings. The zero-order valence-electron chi connectivity index (χ0n) is 11.4. The van der Waals surface area contributed by atoms with Crippen molar-refractivity contribution in [2.75, 3.05) is 26.2 Å². The summed E-state index contributed by atoms with van der Waals surface area (Å²) in [5, 5.41) is 20.8. The van der Waals surface area contributed by atoms with Crippen molar-refractivity contribution in [2.45, 2.75) is 25.3 Å². The van der Waals surface area contributed by atoms with E-state index in [9.17, 15) is 9.90 Å². The highest BCUT2D eigenvalue weighted by Crippen LogP contribution is 2.15. The summed E-state index contributed by atoms with van der Waals surface area (Å²) < 4.78 is 0. The highest BCUT2D eigenvalue weighted by molar-refractivity contribution is 5.92. The first kappa shape index (κ1) is 14.6. The van der Waals surface area contributed by atoms with Crippen LogP contribution in [0.15, 0.2) is 12.3 Å². The summed E-state index contributed by atoms with van der Waals surface area (Å²) in [7, 11) is 0. The Labute approximate surface area is 118 Å². The van der Waals surface area contributed by atoms with Crippen LogP contribution in [0.2, 0.25) is 0 Å². The Morgan fingerprint density at radius 2 is 2.45 bits per heavy atom. The van der Waals surface area contributed by atoms with E-state index in [0.29, 0.717) is 17.8 Å². The standard InChI is InChI=1S/C14H20N4O2/c15-8-11-7-13(17-9-11)14(20)16-4-6-18-5-2-1-3-12(18)10-19/h7,9,12,17,19H,1-6,10H2,(H,16,20). The van der Waals surface area contributed by atoms with Crippen LogP contribution >= 0.6 is 0 Å². The van der Waals surface area contributed by atoms with E-state index in [-0.39, 0.29) is 18.6 Å². The third-order valence-electron chi connectivity index (χ3n) is 3.70. The van der Waals surface area contributed by atoms with Crippen molar-refractivity contribution in [3.8, 4) is 6.07 Å². The first-order valence-electron chi connectivity index (χ1n) is 6.96. The van der Waals surface area contributed by atoms with Gasteiger partial charge in [-0.15, -0.1) is 0 Å². The largest absolute Gasteiger partial charge is 0.395 e. The second-order valence-corrected chi connectivity index (χ2v) is 5.04. The van der Waals surface area contributed by atoms with Crippen molar-refractivity contribution in [1.29, 1.82) is 5.26 Å². The van der Waals surface area contributed by atoms with Crippen molar-refractivity contribution in [1.82, 2.24) is 15.2 Å². The minimum atomic E-state index is -0.205. The number of H-pyrrole nitrogens is 1. The van der Waals surface area contributed by atoms with Gasteiger partial charge in [-0.1, -0.05) is 6.42 Å². The lowest BCUT2D eigenvalue weighted by Gasteiger charge is -2.34. The molecular weight excluding hydrogens is 256 g/mol. The number of nitrogens with zero attached hydrogens (tertiary/aromatic N) is 2. The number of likely N-dealkylation sites (tertiary alicyclic amines) is 1. The van der Waals surface area contributed by atoms with Gasteiger partial charge in [0.15, 0.2) is 0 Å². The number of hydrogen-bond acceptors (Lipinski definition) is 4. The number of amides is 1. The predicted octanol–water partition coefficient (Wildman–Crippen LogP) is 0.463. The van der Waals surface area contributed by atoms with Crippen LogP contribution in [0, 0.1) is 11.3 Å². The number of piperidine rings is 1. The topological polar surface area (TPSA) is 92.1 Å². The van der Waals surface area contributed by atoms with Crippen molar-refractivity contribution < 1.29 is 9.90 Å². The molecule has 1 fully saturated rings.